The van der Waals surface area contributed by atoms with E-state index in [2.05, 4.69) is 31.2 Å². The molecule has 0 saturated carbocycles. The van der Waals surface area contributed by atoms with Gasteiger partial charge in [0.25, 0.3) is 0 Å². The minimum atomic E-state index is -0.414. The average molecular weight is 388 g/mol. The first-order chi connectivity index (χ1) is 13.5. The average Bonchev–Trinajstić information content (AvgIpc) is 3.24. The second-order valence-electron chi connectivity index (χ2n) is 7.66. The molecule has 3 aromatic rings. The molecule has 1 aromatic heterocycles. The van der Waals surface area contributed by atoms with E-state index in [-0.39, 0.29) is 23.7 Å². The van der Waals surface area contributed by atoms with Crippen molar-refractivity contribution in [2.24, 2.45) is 5.92 Å². The predicted molar refractivity (Wildman–Crippen MR) is 109 cm³/mol. The summed E-state index contributed by atoms with van der Waals surface area (Å²) in [5, 5.41) is 0.920. The minimum Gasteiger partial charge on any atom is -0.285 e. The highest BCUT2D eigenvalue weighted by Crippen LogP contribution is 2.51. The number of likely N-dealkylation sites (tertiary alicyclic amines) is 1. The van der Waals surface area contributed by atoms with Crippen molar-refractivity contribution in [1.29, 1.82) is 0 Å². The van der Waals surface area contributed by atoms with Crippen LogP contribution in [-0.2, 0) is 16.0 Å². The number of benzene rings is 2. The first-order valence-electron chi connectivity index (χ1n) is 9.47. The predicted octanol–water partition coefficient (Wildman–Crippen LogP) is 4.16. The van der Waals surface area contributed by atoms with E-state index in [1.165, 1.54) is 10.5 Å². The number of aryl methyl sites for hydroxylation is 1. The van der Waals surface area contributed by atoms with Gasteiger partial charge < -0.3 is 0 Å². The lowest BCUT2D eigenvalue weighted by molar-refractivity contribution is -0.137. The summed E-state index contributed by atoms with van der Waals surface area (Å²) in [4.78, 5) is 33.1. The van der Waals surface area contributed by atoms with Crippen LogP contribution in [0.15, 0.2) is 54.6 Å². The topological polar surface area (TPSA) is 50.3 Å². The van der Waals surface area contributed by atoms with Crippen LogP contribution >= 0.6 is 11.3 Å². The zero-order chi connectivity index (χ0) is 19.4. The molecule has 1 fully saturated rings. The van der Waals surface area contributed by atoms with Gasteiger partial charge in [0.05, 0.1) is 17.5 Å². The van der Waals surface area contributed by atoms with E-state index in [9.17, 15) is 9.59 Å². The first kappa shape index (κ1) is 17.3. The number of amides is 2. The molecule has 5 rings (SSSR count). The maximum Gasteiger partial charge on any atom is 0.238 e. The van der Waals surface area contributed by atoms with Gasteiger partial charge in [-0.3, -0.25) is 14.5 Å². The zero-order valence-corrected chi connectivity index (χ0v) is 16.6. The Kier molecular flexibility index (Phi) is 3.95. The molecule has 2 heterocycles. The smallest absolute Gasteiger partial charge is 0.238 e. The summed E-state index contributed by atoms with van der Waals surface area (Å²) in [5.74, 6) is -0.943. The fraction of sp³-hybridized carbons (Fsp3) is 0.261. The fourth-order valence-electron chi connectivity index (χ4n) is 4.45. The largest absolute Gasteiger partial charge is 0.285 e. The Morgan fingerprint density at radius 2 is 1.71 bits per heavy atom. The van der Waals surface area contributed by atoms with Crippen LogP contribution in [0.4, 0.5) is 0 Å². The number of imide groups is 1. The van der Waals surface area contributed by atoms with E-state index in [4.69, 9.17) is 4.98 Å². The molecule has 140 valence electrons. The maximum absolute atomic E-state index is 13.0. The second kappa shape index (κ2) is 6.38. The third-order valence-electron chi connectivity index (χ3n) is 5.95. The lowest BCUT2D eigenvalue weighted by Gasteiger charge is -2.30. The molecule has 28 heavy (non-hydrogen) atoms. The van der Waals surface area contributed by atoms with E-state index in [0.29, 0.717) is 6.42 Å². The number of nitrogens with zero attached hydrogens (tertiary/aromatic N) is 2. The molecule has 2 amide bonds. The minimum absolute atomic E-state index is 0.0229. The number of carbonyl (C=O) groups is 2. The Morgan fingerprint density at radius 1 is 1.00 bits per heavy atom. The number of fused-ring (bicyclic) bond motifs is 3. The molecule has 5 heteroatoms. The molecular weight excluding hydrogens is 368 g/mol. The van der Waals surface area contributed by atoms with Crippen LogP contribution in [0, 0.1) is 12.8 Å². The van der Waals surface area contributed by atoms with Gasteiger partial charge in [-0.2, -0.15) is 0 Å². The molecular formula is C23H20N2O2S. The SMILES string of the molecule is Cc1ccc([C@@H]2Cc3nc(-c4ccccc4)sc3[C@H]3C(=O)N(C)C(=O)[C@H]32)cc1. The summed E-state index contributed by atoms with van der Waals surface area (Å²) in [6.07, 6.45) is 0.690. The third kappa shape index (κ3) is 2.53. The van der Waals surface area contributed by atoms with E-state index >= 15 is 0 Å². The van der Waals surface area contributed by atoms with Crippen molar-refractivity contribution in [2.75, 3.05) is 7.05 Å². The molecule has 0 bridgehead atoms. The molecule has 1 aliphatic carbocycles. The normalized spacial score (nSPS) is 23.6. The van der Waals surface area contributed by atoms with Crippen molar-refractivity contribution in [2.45, 2.75) is 25.2 Å². The van der Waals surface area contributed by atoms with Crippen LogP contribution in [0.3, 0.4) is 0 Å². The van der Waals surface area contributed by atoms with Gasteiger partial charge in [0, 0.05) is 23.4 Å². The molecule has 0 radical (unpaired) electrons. The number of likely N-dealkylation sites (N-methyl/N-ethyl adjacent to an activating group) is 1. The van der Waals surface area contributed by atoms with Crippen LogP contribution in [-0.4, -0.2) is 28.7 Å². The number of carbonyl (C=O) groups excluding carboxylic acids is 2. The van der Waals surface area contributed by atoms with Gasteiger partial charge >= 0.3 is 0 Å². The van der Waals surface area contributed by atoms with Crippen LogP contribution in [0.5, 0.6) is 0 Å². The van der Waals surface area contributed by atoms with Crippen molar-refractivity contribution in [1.82, 2.24) is 9.88 Å². The van der Waals surface area contributed by atoms with E-state index in [1.54, 1.807) is 18.4 Å². The molecule has 0 unspecified atom stereocenters. The number of aromatic nitrogens is 1. The van der Waals surface area contributed by atoms with Crippen LogP contribution in [0.25, 0.3) is 10.6 Å². The van der Waals surface area contributed by atoms with Crippen LogP contribution in [0.2, 0.25) is 0 Å². The van der Waals surface area contributed by atoms with Gasteiger partial charge in [0.2, 0.25) is 11.8 Å². The number of thiazole rings is 1. The van der Waals surface area contributed by atoms with Gasteiger partial charge in [-0.25, -0.2) is 4.98 Å². The molecule has 2 aromatic carbocycles. The Bertz CT molecular complexity index is 1070. The van der Waals surface area contributed by atoms with E-state index in [0.717, 1.165) is 26.7 Å². The molecule has 0 spiro atoms. The van der Waals surface area contributed by atoms with Gasteiger partial charge in [-0.05, 0) is 18.9 Å². The maximum atomic E-state index is 13.0. The molecule has 3 atom stereocenters. The lowest BCUT2D eigenvalue weighted by Crippen LogP contribution is -2.30. The van der Waals surface area contributed by atoms with Crippen LogP contribution < -0.4 is 0 Å². The molecule has 0 N–H and O–H groups in total. The van der Waals surface area contributed by atoms with Crippen LogP contribution in [0.1, 0.15) is 33.5 Å². The number of hydrogen-bond donors (Lipinski definition) is 0. The standard InChI is InChI=1S/C23H20N2O2S/c1-13-8-10-14(11-9-13)16-12-17-20(19-18(16)22(26)25(2)23(19)27)28-21(24-17)15-6-4-3-5-7-15/h3-11,16,18-19H,12H2,1-2H3/t16-,18-,19-/m0/s1. The summed E-state index contributed by atoms with van der Waals surface area (Å²) >= 11 is 1.56. The van der Waals surface area contributed by atoms with E-state index in [1.807, 2.05) is 30.3 Å². The molecule has 1 saturated heterocycles. The fourth-order valence-corrected chi connectivity index (χ4v) is 5.69. The Morgan fingerprint density at radius 3 is 2.43 bits per heavy atom. The highest BCUT2D eigenvalue weighted by molar-refractivity contribution is 7.15. The Labute approximate surface area is 167 Å². The molecule has 1 aliphatic heterocycles. The summed E-state index contributed by atoms with van der Waals surface area (Å²) in [6.45, 7) is 2.05. The van der Waals surface area contributed by atoms with Gasteiger partial charge in [-0.1, -0.05) is 60.2 Å². The summed E-state index contributed by atoms with van der Waals surface area (Å²) in [5.41, 5.74) is 4.31. The zero-order valence-electron chi connectivity index (χ0n) is 15.8. The second-order valence-corrected chi connectivity index (χ2v) is 8.69. The van der Waals surface area contributed by atoms with Crippen molar-refractivity contribution >= 4 is 23.2 Å². The van der Waals surface area contributed by atoms with Crippen molar-refractivity contribution in [3.8, 4) is 10.6 Å². The van der Waals surface area contributed by atoms with Gasteiger partial charge in [0.15, 0.2) is 0 Å². The summed E-state index contributed by atoms with van der Waals surface area (Å²) in [7, 11) is 1.61. The third-order valence-corrected chi connectivity index (χ3v) is 7.18. The molecule has 2 aliphatic rings. The quantitative estimate of drug-likeness (QED) is 0.620. The first-order valence-corrected chi connectivity index (χ1v) is 10.3. The summed E-state index contributed by atoms with van der Waals surface area (Å²) in [6, 6.07) is 18.3. The Hall–Kier alpha value is -2.79. The highest BCUT2D eigenvalue weighted by atomic mass is 32.1. The number of hydrogen-bond acceptors (Lipinski definition) is 4. The van der Waals surface area contributed by atoms with Crippen molar-refractivity contribution in [3.05, 3.63) is 76.3 Å². The highest BCUT2D eigenvalue weighted by Gasteiger charge is 2.54. The Balaban J connectivity index is 1.64. The van der Waals surface area contributed by atoms with Crippen molar-refractivity contribution < 1.29 is 9.59 Å². The molecule has 4 nitrogen and oxygen atoms in total. The van der Waals surface area contributed by atoms with Gasteiger partial charge in [0.1, 0.15) is 5.01 Å². The van der Waals surface area contributed by atoms with Crippen molar-refractivity contribution in [3.63, 3.8) is 0 Å². The van der Waals surface area contributed by atoms with Gasteiger partial charge in [-0.15, -0.1) is 11.3 Å². The lowest BCUT2D eigenvalue weighted by atomic mass is 9.72. The monoisotopic (exact) mass is 388 g/mol. The van der Waals surface area contributed by atoms with E-state index < -0.39 is 5.92 Å². The summed E-state index contributed by atoms with van der Waals surface area (Å²) < 4.78 is 0. The number of rotatable bonds is 2.